The van der Waals surface area contributed by atoms with Gasteiger partial charge in [-0.05, 0) is 36.8 Å². The first kappa shape index (κ1) is 15.1. The Hall–Kier alpha value is -1.76. The molecule has 0 fully saturated rings. The van der Waals surface area contributed by atoms with Crippen LogP contribution in [0, 0.1) is 11.8 Å². The van der Waals surface area contributed by atoms with Gasteiger partial charge in [0.1, 0.15) is 0 Å². The Morgan fingerprint density at radius 3 is 1.77 bits per heavy atom. The molecule has 0 spiro atoms. The molecular weight excluding hydrogens is 266 g/mol. The average molecular weight is 293 g/mol. The minimum atomic E-state index is 0.571. The quantitative estimate of drug-likeness (QED) is 0.511. The highest BCUT2D eigenvalue weighted by Crippen LogP contribution is 2.35. The smallest absolute Gasteiger partial charge is 0.0493 e. The molecule has 1 aromatic heterocycles. The summed E-state index contributed by atoms with van der Waals surface area (Å²) < 4.78 is 2.59. The highest BCUT2D eigenvalue weighted by molar-refractivity contribution is 6.08. The van der Waals surface area contributed by atoms with Gasteiger partial charge in [-0.2, -0.15) is 0 Å². The molecule has 1 nitrogen and oxygen atoms in total. The first-order valence-corrected chi connectivity index (χ1v) is 8.61. The van der Waals surface area contributed by atoms with Gasteiger partial charge in [0.25, 0.3) is 0 Å². The Morgan fingerprint density at radius 2 is 1.32 bits per heavy atom. The lowest BCUT2D eigenvalue weighted by molar-refractivity contribution is 0.319. The maximum Gasteiger partial charge on any atom is 0.0493 e. The highest BCUT2D eigenvalue weighted by Gasteiger charge is 2.20. The molecular formula is C21H27N. The van der Waals surface area contributed by atoms with Gasteiger partial charge in [-0.3, -0.25) is 0 Å². The van der Waals surface area contributed by atoms with Gasteiger partial charge in [-0.15, -0.1) is 0 Å². The van der Waals surface area contributed by atoms with E-state index in [2.05, 4.69) is 80.8 Å². The molecule has 3 rings (SSSR count). The van der Waals surface area contributed by atoms with E-state index in [9.17, 15) is 0 Å². The fourth-order valence-corrected chi connectivity index (χ4v) is 3.50. The average Bonchev–Trinajstić information content (AvgIpc) is 2.87. The standard InChI is InChI=1S/C21H27N/c1-5-17(14-16(4)15(2)3)22-20-12-8-6-10-18(20)19-11-7-9-13-21(19)22/h6-13,15-17H,5,14H2,1-4H3. The molecule has 0 N–H and O–H groups in total. The van der Waals surface area contributed by atoms with Gasteiger partial charge in [0.05, 0.1) is 0 Å². The molecule has 2 atom stereocenters. The summed E-state index contributed by atoms with van der Waals surface area (Å²) in [6, 6.07) is 18.3. The minimum Gasteiger partial charge on any atom is -0.337 e. The van der Waals surface area contributed by atoms with E-state index in [1.807, 2.05) is 0 Å². The Labute approximate surface area is 133 Å². The highest BCUT2D eigenvalue weighted by atomic mass is 15.0. The van der Waals surface area contributed by atoms with E-state index in [0.29, 0.717) is 6.04 Å². The number of fused-ring (bicyclic) bond motifs is 3. The summed E-state index contributed by atoms with van der Waals surface area (Å²) in [5.74, 6) is 1.48. The van der Waals surface area contributed by atoms with Crippen LogP contribution in [-0.4, -0.2) is 4.57 Å². The third-order valence-electron chi connectivity index (χ3n) is 5.24. The van der Waals surface area contributed by atoms with Crippen LogP contribution in [0.4, 0.5) is 0 Å². The van der Waals surface area contributed by atoms with Gasteiger partial charge in [0.15, 0.2) is 0 Å². The van der Waals surface area contributed by atoms with Crippen molar-refractivity contribution in [2.24, 2.45) is 11.8 Å². The Morgan fingerprint density at radius 1 is 0.818 bits per heavy atom. The van der Waals surface area contributed by atoms with Crippen molar-refractivity contribution >= 4 is 21.8 Å². The zero-order valence-electron chi connectivity index (χ0n) is 14.2. The summed E-state index contributed by atoms with van der Waals surface area (Å²) in [6.07, 6.45) is 2.43. The van der Waals surface area contributed by atoms with Crippen molar-refractivity contribution in [3.63, 3.8) is 0 Å². The van der Waals surface area contributed by atoms with Crippen molar-refractivity contribution in [2.45, 2.75) is 46.6 Å². The molecule has 1 heteroatoms. The molecule has 22 heavy (non-hydrogen) atoms. The first-order chi connectivity index (χ1) is 10.6. The Kier molecular flexibility index (Phi) is 4.24. The second-order valence-electron chi connectivity index (χ2n) is 6.92. The lowest BCUT2D eigenvalue weighted by atomic mass is 9.90. The SMILES string of the molecule is CCC(CC(C)C(C)C)n1c2ccccc2c2ccccc21. The van der Waals surface area contributed by atoms with Gasteiger partial charge < -0.3 is 4.57 Å². The molecule has 2 unspecified atom stereocenters. The molecule has 0 amide bonds. The molecule has 0 aliphatic rings. The van der Waals surface area contributed by atoms with Gasteiger partial charge in [0.2, 0.25) is 0 Å². The summed E-state index contributed by atoms with van der Waals surface area (Å²) in [7, 11) is 0. The van der Waals surface area contributed by atoms with Crippen LogP contribution >= 0.6 is 0 Å². The van der Waals surface area contributed by atoms with E-state index in [-0.39, 0.29) is 0 Å². The van der Waals surface area contributed by atoms with Crippen LogP contribution in [0.2, 0.25) is 0 Å². The first-order valence-electron chi connectivity index (χ1n) is 8.61. The van der Waals surface area contributed by atoms with Gasteiger partial charge in [-0.25, -0.2) is 0 Å². The predicted octanol–water partition coefficient (Wildman–Crippen LogP) is 6.43. The zero-order valence-corrected chi connectivity index (χ0v) is 14.2. The van der Waals surface area contributed by atoms with Crippen LogP contribution in [0.15, 0.2) is 48.5 Å². The van der Waals surface area contributed by atoms with Gasteiger partial charge >= 0.3 is 0 Å². The number of para-hydroxylation sites is 2. The number of nitrogens with zero attached hydrogens (tertiary/aromatic N) is 1. The topological polar surface area (TPSA) is 4.93 Å². The molecule has 0 bridgehead atoms. The normalized spacial score (nSPS) is 14.8. The zero-order chi connectivity index (χ0) is 15.7. The van der Waals surface area contributed by atoms with E-state index in [1.165, 1.54) is 34.6 Å². The third kappa shape index (κ3) is 2.54. The molecule has 0 aliphatic carbocycles. The van der Waals surface area contributed by atoms with Crippen LogP contribution in [0.5, 0.6) is 0 Å². The van der Waals surface area contributed by atoms with Crippen molar-refractivity contribution in [3.8, 4) is 0 Å². The number of benzene rings is 2. The third-order valence-corrected chi connectivity index (χ3v) is 5.24. The molecule has 0 aliphatic heterocycles. The number of hydrogen-bond acceptors (Lipinski definition) is 0. The van der Waals surface area contributed by atoms with Crippen LogP contribution in [-0.2, 0) is 0 Å². The molecule has 2 aromatic carbocycles. The fourth-order valence-electron chi connectivity index (χ4n) is 3.50. The van der Waals surface area contributed by atoms with Crippen molar-refractivity contribution in [1.29, 1.82) is 0 Å². The van der Waals surface area contributed by atoms with Crippen LogP contribution in [0.3, 0.4) is 0 Å². The number of rotatable bonds is 5. The maximum absolute atomic E-state index is 2.59. The fraction of sp³-hybridized carbons (Fsp3) is 0.429. The van der Waals surface area contributed by atoms with E-state index in [1.54, 1.807) is 0 Å². The molecule has 3 aromatic rings. The van der Waals surface area contributed by atoms with E-state index in [0.717, 1.165) is 11.8 Å². The van der Waals surface area contributed by atoms with Crippen molar-refractivity contribution in [3.05, 3.63) is 48.5 Å². The van der Waals surface area contributed by atoms with Crippen molar-refractivity contribution < 1.29 is 0 Å². The Balaban J connectivity index is 2.18. The largest absolute Gasteiger partial charge is 0.337 e. The summed E-state index contributed by atoms with van der Waals surface area (Å²) in [6.45, 7) is 9.38. The molecule has 116 valence electrons. The van der Waals surface area contributed by atoms with E-state index in [4.69, 9.17) is 0 Å². The van der Waals surface area contributed by atoms with E-state index >= 15 is 0 Å². The lowest BCUT2D eigenvalue weighted by Crippen LogP contribution is -2.15. The van der Waals surface area contributed by atoms with Crippen LogP contribution in [0.25, 0.3) is 21.8 Å². The van der Waals surface area contributed by atoms with Gasteiger partial charge in [-0.1, -0.05) is 64.1 Å². The molecule has 0 saturated heterocycles. The van der Waals surface area contributed by atoms with Crippen molar-refractivity contribution in [1.82, 2.24) is 4.57 Å². The predicted molar refractivity (Wildman–Crippen MR) is 97.4 cm³/mol. The maximum atomic E-state index is 2.59. The second-order valence-corrected chi connectivity index (χ2v) is 6.92. The molecule has 0 saturated carbocycles. The molecule has 1 heterocycles. The van der Waals surface area contributed by atoms with Gasteiger partial charge in [0, 0.05) is 27.8 Å². The van der Waals surface area contributed by atoms with E-state index < -0.39 is 0 Å². The minimum absolute atomic E-state index is 0.571. The van der Waals surface area contributed by atoms with Crippen LogP contribution < -0.4 is 0 Å². The summed E-state index contributed by atoms with van der Waals surface area (Å²) in [5, 5.41) is 2.77. The van der Waals surface area contributed by atoms with Crippen molar-refractivity contribution in [2.75, 3.05) is 0 Å². The monoisotopic (exact) mass is 293 g/mol. The molecule has 0 radical (unpaired) electrons. The second kappa shape index (κ2) is 6.16. The summed E-state index contributed by atoms with van der Waals surface area (Å²) >= 11 is 0. The summed E-state index contributed by atoms with van der Waals surface area (Å²) in [4.78, 5) is 0. The Bertz CT molecular complexity index is 713. The number of aromatic nitrogens is 1. The van der Waals surface area contributed by atoms with Crippen LogP contribution in [0.1, 0.15) is 46.6 Å². The lowest BCUT2D eigenvalue weighted by Gasteiger charge is -2.25. The summed E-state index contributed by atoms with van der Waals surface area (Å²) in [5.41, 5.74) is 2.76. The number of hydrogen-bond donors (Lipinski definition) is 0.